The lowest BCUT2D eigenvalue weighted by Crippen LogP contribution is -2.62. The van der Waals surface area contributed by atoms with Crippen LogP contribution in [-0.2, 0) is 115 Å². The van der Waals surface area contributed by atoms with Gasteiger partial charge in [0.2, 0.25) is 100 Å². The van der Waals surface area contributed by atoms with Crippen LogP contribution in [0, 0.1) is 34.5 Å². The highest BCUT2D eigenvalue weighted by atomic mass is 32.1. The summed E-state index contributed by atoms with van der Waals surface area (Å²) in [7, 11) is 0. The third kappa shape index (κ3) is 39.7. The summed E-state index contributed by atoms with van der Waals surface area (Å²) in [5, 5.41) is 99.2. The van der Waals surface area contributed by atoms with Crippen LogP contribution in [0.15, 0.2) is 85.1 Å². The number of carboxylic acid groups (broad SMARTS) is 3. The standard InChI is InChI=1S/C91H135N25O24S2/c1-44(2)34-58(106-74(124)48(9)102-68(119)41-101-86(136)71(93)45(3)4)78(128)112-65(43-142)84(134)111-63(39-70(122)123)88(138)116-33-17-24-66(116)85(135)105-56(23-16-32-99-91(96)97)77(127)114-72(46(5)6)87(137)110-62(38-69(120)121)81(131)103-55(22-15-31-98-90(94)95)75(125)109-61(37-51-40-100-54-21-14-13-20-53(51)54)80(130)108-59(36-50-25-27-52(117)28-26-50)79(129)113-64(42-141)83(133)104-57(29-30-67(92)118)76(126)107-60(35-49-18-11-10-12-19-49)82(132)115-73(47(7)8)89(139)140/h10-14,18-21,25-28,40,44-48,55-66,71-73,100,117,141-142H,15-17,22-24,29-39,41-43,93H2,1-9H3,(H2,92,118)(H,101,136)(H,102,119)(H,103,131)(H,104,133)(H,105,135)(H,106,124)(H,107,126)(H,108,130)(H,109,125)(H,110,137)(H,111,134)(H,112,128)(H,113,129)(H,114,127)(H,115,132)(H,120,121)(H,122,123)(H,139,140)(H4,94,95,98)(H4,96,97,99)/t48-,55-,56-,57-,58-,59-,60-,61-,62-,63-,64-,65-,66-,71-,72-,73-/m0/s1. The zero-order chi connectivity index (χ0) is 106. The largest absolute Gasteiger partial charge is 0.508 e. The molecule has 49 nitrogen and oxygen atoms in total. The highest BCUT2D eigenvalue weighted by Crippen LogP contribution is 2.24. The fourth-order valence-electron chi connectivity index (χ4n) is 14.9. The predicted octanol–water partition coefficient (Wildman–Crippen LogP) is -5.16. The number of hydrogen-bond acceptors (Lipinski definition) is 26. The quantitative estimate of drug-likeness (QED) is 0.00850. The van der Waals surface area contributed by atoms with Crippen molar-refractivity contribution in [2.75, 3.05) is 37.7 Å². The number of carbonyl (C=O) groups excluding carboxylic acids is 17. The van der Waals surface area contributed by atoms with Crippen LogP contribution >= 0.6 is 25.3 Å². The summed E-state index contributed by atoms with van der Waals surface area (Å²) in [6, 6.07) is -5.13. The molecule has 16 atom stereocenters. The van der Waals surface area contributed by atoms with Gasteiger partial charge in [0.25, 0.3) is 0 Å². The Balaban J connectivity index is 1.42. The molecule has 2 heterocycles. The average Bonchev–Trinajstić information content (AvgIpc) is 1.66. The van der Waals surface area contributed by atoms with Crippen LogP contribution in [0.2, 0.25) is 0 Å². The van der Waals surface area contributed by atoms with Crippen LogP contribution < -0.4 is 113 Å². The number of rotatable bonds is 60. The van der Waals surface area contributed by atoms with Crippen molar-refractivity contribution < 1.29 is 116 Å². The normalized spacial score (nSPS) is 15.4. The molecule has 1 aliphatic heterocycles. The van der Waals surface area contributed by atoms with Gasteiger partial charge in [0.05, 0.1) is 25.4 Å². The first kappa shape index (κ1) is 118. The maximum atomic E-state index is 15.4. The van der Waals surface area contributed by atoms with Crippen molar-refractivity contribution >= 4 is 166 Å². The summed E-state index contributed by atoms with van der Waals surface area (Å²) in [6.07, 6.45) is -3.59. The molecule has 51 heteroatoms. The minimum absolute atomic E-state index is 0.0161. The molecule has 0 radical (unpaired) electrons. The minimum Gasteiger partial charge on any atom is -0.508 e. The second-order valence-electron chi connectivity index (χ2n) is 35.7. The lowest BCUT2D eigenvalue weighted by Gasteiger charge is -2.31. The summed E-state index contributed by atoms with van der Waals surface area (Å²) < 4.78 is 0. The highest BCUT2D eigenvalue weighted by Gasteiger charge is 2.44. The molecule has 1 aromatic heterocycles. The smallest absolute Gasteiger partial charge is 0.326 e. The van der Waals surface area contributed by atoms with Crippen LogP contribution in [0.5, 0.6) is 5.75 Å². The van der Waals surface area contributed by atoms with E-state index in [1.807, 2.05) is 0 Å². The number of thiol groups is 2. The lowest BCUT2D eigenvalue weighted by atomic mass is 10.0. The molecule has 1 fully saturated rings. The number of carbonyl (C=O) groups is 20. The number of hydrogen-bond donors (Lipinski definition) is 30. The second kappa shape index (κ2) is 58.6. The molecule has 4 aromatic rings. The number of phenols is 1. The number of amides is 17. The van der Waals surface area contributed by atoms with Crippen LogP contribution in [0.1, 0.15) is 150 Å². The molecule has 0 aliphatic carbocycles. The third-order valence-corrected chi connectivity index (χ3v) is 23.4. The zero-order valence-corrected chi connectivity index (χ0v) is 82.2. The van der Waals surface area contributed by atoms with E-state index in [1.54, 1.807) is 96.1 Å². The van der Waals surface area contributed by atoms with Crippen LogP contribution in [0.3, 0.4) is 0 Å². The first-order valence-electron chi connectivity index (χ1n) is 46.2. The summed E-state index contributed by atoms with van der Waals surface area (Å²) in [5.74, 6) is -26.2. The molecule has 32 N–H and O–H groups in total. The van der Waals surface area contributed by atoms with Crippen LogP contribution in [0.4, 0.5) is 0 Å². The fourth-order valence-corrected chi connectivity index (χ4v) is 15.4. The van der Waals surface area contributed by atoms with Crippen molar-refractivity contribution in [1.82, 2.24) is 100 Å². The maximum Gasteiger partial charge on any atom is 0.326 e. The Labute approximate surface area is 830 Å². The van der Waals surface area contributed by atoms with Gasteiger partial charge in [-0.15, -0.1) is 0 Å². The molecule has 0 unspecified atom stereocenters. The van der Waals surface area contributed by atoms with Crippen molar-refractivity contribution in [1.29, 1.82) is 10.8 Å². The molecule has 3 aromatic carbocycles. The Morgan fingerprint density at radius 1 is 0.444 bits per heavy atom. The zero-order valence-electron chi connectivity index (χ0n) is 80.4. The summed E-state index contributed by atoms with van der Waals surface area (Å²) >= 11 is 8.57. The molecule has 17 amide bonds. The van der Waals surface area contributed by atoms with E-state index in [4.69, 9.17) is 33.8 Å². The number of likely N-dealkylation sites (tertiary alicyclic amines) is 1. The molecular weight excluding hydrogens is 1890 g/mol. The summed E-state index contributed by atoms with van der Waals surface area (Å²) in [6.45, 7) is 13.2. The summed E-state index contributed by atoms with van der Waals surface area (Å²) in [5.41, 5.74) is 24.3. The Bertz CT molecular complexity index is 5110. The Hall–Kier alpha value is -14.4. The number of phenolic OH excluding ortho intramolecular Hbond substituents is 1. The molecule has 142 heavy (non-hydrogen) atoms. The predicted molar refractivity (Wildman–Crippen MR) is 523 cm³/mol. The molecular formula is C91H135N25O24S2. The van der Waals surface area contributed by atoms with E-state index < -0.39 is 302 Å². The molecule has 780 valence electrons. The van der Waals surface area contributed by atoms with Gasteiger partial charge in [-0.1, -0.05) is 116 Å². The number of fused-ring (bicyclic) bond motifs is 1. The van der Waals surface area contributed by atoms with Gasteiger partial charge in [-0.05, 0) is 117 Å². The number of aromatic hydroxyl groups is 1. The Morgan fingerprint density at radius 3 is 1.37 bits per heavy atom. The third-order valence-electron chi connectivity index (χ3n) is 22.7. The van der Waals surface area contributed by atoms with E-state index in [1.165, 1.54) is 51.2 Å². The van der Waals surface area contributed by atoms with Gasteiger partial charge < -0.3 is 144 Å². The number of primary amides is 1. The minimum atomic E-state index is -2.11. The van der Waals surface area contributed by atoms with Crippen LogP contribution in [0.25, 0.3) is 10.9 Å². The van der Waals surface area contributed by atoms with Crippen molar-refractivity contribution in [3.63, 3.8) is 0 Å². The number of aliphatic carboxylic acids is 3. The first-order valence-corrected chi connectivity index (χ1v) is 47.5. The molecule has 1 aliphatic rings. The van der Waals surface area contributed by atoms with Gasteiger partial charge in [-0.25, -0.2) is 4.79 Å². The van der Waals surface area contributed by atoms with E-state index in [0.717, 1.165) is 4.90 Å². The van der Waals surface area contributed by atoms with E-state index in [-0.39, 0.29) is 82.2 Å². The van der Waals surface area contributed by atoms with Gasteiger partial charge >= 0.3 is 17.9 Å². The number of H-pyrrole nitrogens is 1. The topological polar surface area (TPSA) is 798 Å². The maximum absolute atomic E-state index is 15.4. The van der Waals surface area contributed by atoms with Crippen molar-refractivity contribution in [3.05, 3.63) is 102 Å². The number of aromatic nitrogens is 1. The number of aromatic amines is 1. The van der Waals surface area contributed by atoms with E-state index in [2.05, 4.69) is 121 Å². The van der Waals surface area contributed by atoms with Crippen LogP contribution in [-0.4, -0.2) is 295 Å². The number of nitrogens with one attached hydrogen (secondary N) is 20. The number of carboxylic acids is 3. The second-order valence-corrected chi connectivity index (χ2v) is 36.5. The molecule has 0 bridgehead atoms. The molecule has 1 saturated heterocycles. The van der Waals surface area contributed by atoms with E-state index in [9.17, 15) is 107 Å². The monoisotopic (exact) mass is 2030 g/mol. The first-order chi connectivity index (χ1) is 66.9. The van der Waals surface area contributed by atoms with Crippen molar-refractivity contribution in [2.45, 2.75) is 249 Å². The van der Waals surface area contributed by atoms with Gasteiger partial charge in [0.15, 0.2) is 11.9 Å². The molecule has 5 rings (SSSR count). The molecule has 0 spiro atoms. The Morgan fingerprint density at radius 2 is 0.866 bits per heavy atom. The number of nitrogens with two attached hydrogens (primary N) is 4. The number of benzene rings is 3. The average molecular weight is 2030 g/mol. The van der Waals surface area contributed by atoms with E-state index >= 15 is 9.59 Å². The SMILES string of the molecule is CC(C)C[C@H](NC(=O)[C@H](C)NC(=O)CNC(=O)[C@@H](N)C(C)C)C(=O)N[C@@H](CS)C(=O)N[C@@H](CC(=O)O)C(=O)N1CCC[C@H]1C(=O)N[C@@H](CCCNC(=N)N)C(=O)N[C@H](C(=O)N[C@@H](CC(=O)O)C(=O)N[C@@H](CCCNC(=N)N)C(=O)N[C@@H](Cc1c[nH]c2ccccc12)C(=O)N[C@@H](Cc1ccc(O)cc1)C(=O)N[C@@H](CS)C(=O)N[C@@H](CCC(N)=O)C(=O)N[C@@H](Cc1ccccc1)C(=O)N[C@H](C(=O)O)C(C)C)C(C)C. The number of nitrogens with zero attached hydrogens (tertiary/aromatic N) is 1. The Kier molecular flexibility index (Phi) is 48.7. The molecule has 0 saturated carbocycles. The number of para-hydroxylation sites is 1. The lowest BCUT2D eigenvalue weighted by molar-refractivity contribution is -0.146. The van der Waals surface area contributed by atoms with E-state index in [0.29, 0.717) is 27.6 Å². The fraction of sp³-hybridized carbons (Fsp3) is 0.538. The van der Waals surface area contributed by atoms with Crippen molar-refractivity contribution in [3.8, 4) is 5.75 Å². The highest BCUT2D eigenvalue weighted by molar-refractivity contribution is 7.80. The van der Waals surface area contributed by atoms with Gasteiger partial charge in [-0.3, -0.25) is 102 Å². The van der Waals surface area contributed by atoms with Gasteiger partial charge in [-0.2, -0.15) is 25.3 Å². The van der Waals surface area contributed by atoms with Gasteiger partial charge in [0.1, 0.15) is 96.4 Å². The summed E-state index contributed by atoms with van der Waals surface area (Å²) in [4.78, 5) is 282. The van der Waals surface area contributed by atoms with Gasteiger partial charge in [0, 0.05) is 73.9 Å². The number of guanidine groups is 2. The van der Waals surface area contributed by atoms with Crippen molar-refractivity contribution in [2.24, 2.45) is 46.6 Å².